The third kappa shape index (κ3) is 4.09. The van der Waals surface area contributed by atoms with E-state index in [1.807, 2.05) is 24.3 Å². The van der Waals surface area contributed by atoms with Gasteiger partial charge in [0.15, 0.2) is 0 Å². The minimum atomic E-state index is -0.478. The lowest BCUT2D eigenvalue weighted by Gasteiger charge is -2.09. The summed E-state index contributed by atoms with van der Waals surface area (Å²) in [5.74, 6) is 0.256. The Labute approximate surface area is 151 Å². The van der Waals surface area contributed by atoms with E-state index < -0.39 is 5.97 Å². The predicted molar refractivity (Wildman–Crippen MR) is 98.9 cm³/mol. The van der Waals surface area contributed by atoms with Gasteiger partial charge in [0, 0.05) is 16.1 Å². The van der Waals surface area contributed by atoms with Crippen molar-refractivity contribution in [3.8, 4) is 5.75 Å². The maximum Gasteiger partial charge on any atom is 0.368 e. The molecule has 0 saturated heterocycles. The van der Waals surface area contributed by atoms with Gasteiger partial charge in [-0.1, -0.05) is 60.4 Å². The molecule has 0 aromatic heterocycles. The van der Waals surface area contributed by atoms with Gasteiger partial charge in [-0.2, -0.15) is 0 Å². The van der Waals surface area contributed by atoms with Crippen LogP contribution in [0.5, 0.6) is 5.75 Å². The average molecular weight is 356 g/mol. The van der Waals surface area contributed by atoms with Gasteiger partial charge < -0.3 is 9.57 Å². The number of hydrogen-bond donors (Lipinski definition) is 0. The van der Waals surface area contributed by atoms with Crippen LogP contribution in [0.1, 0.15) is 30.9 Å². The number of para-hydroxylation sites is 1. The van der Waals surface area contributed by atoms with Gasteiger partial charge in [0.1, 0.15) is 11.5 Å². The van der Waals surface area contributed by atoms with Gasteiger partial charge in [-0.25, -0.2) is 4.79 Å². The van der Waals surface area contributed by atoms with Gasteiger partial charge in [-0.3, -0.25) is 0 Å². The minimum absolute atomic E-state index is 0.397. The Morgan fingerprint density at radius 2 is 1.92 bits per heavy atom. The summed E-state index contributed by atoms with van der Waals surface area (Å²) in [6, 6.07) is 14.7. The first-order valence-electron chi connectivity index (χ1n) is 8.18. The third-order valence-electron chi connectivity index (χ3n) is 3.79. The zero-order valence-electron chi connectivity index (χ0n) is 13.9. The van der Waals surface area contributed by atoms with Gasteiger partial charge in [0.2, 0.25) is 0 Å². The maximum atomic E-state index is 12.1. The minimum Gasteiger partial charge on any atom is -0.493 e. The molecule has 0 saturated carbocycles. The second kappa shape index (κ2) is 7.99. The summed E-state index contributed by atoms with van der Waals surface area (Å²) in [7, 11) is 0. The fourth-order valence-electron chi connectivity index (χ4n) is 2.44. The molecule has 1 aliphatic rings. The lowest BCUT2D eigenvalue weighted by Crippen LogP contribution is -2.07. The van der Waals surface area contributed by atoms with E-state index in [9.17, 15) is 4.79 Å². The van der Waals surface area contributed by atoms with Crippen molar-refractivity contribution in [3.05, 3.63) is 70.3 Å². The van der Waals surface area contributed by atoms with Crippen molar-refractivity contribution in [1.82, 2.24) is 0 Å². The molecule has 128 valence electrons. The quantitative estimate of drug-likeness (QED) is 0.422. The number of halogens is 1. The number of unbranched alkanes of at least 4 members (excludes halogenated alkanes) is 1. The number of carbonyl (C=O) groups excluding carboxylic acids is 1. The molecule has 0 aliphatic carbocycles. The molecular weight excluding hydrogens is 338 g/mol. The number of benzene rings is 2. The molecule has 0 spiro atoms. The summed E-state index contributed by atoms with van der Waals surface area (Å²) >= 11 is 5.93. The summed E-state index contributed by atoms with van der Waals surface area (Å²) in [5, 5.41) is 4.53. The van der Waals surface area contributed by atoms with Crippen LogP contribution in [0.15, 0.2) is 59.3 Å². The highest BCUT2D eigenvalue weighted by molar-refractivity contribution is 6.32. The Bertz CT molecular complexity index is 825. The molecule has 0 amide bonds. The first-order valence-corrected chi connectivity index (χ1v) is 8.56. The molecule has 0 N–H and O–H groups in total. The lowest BCUT2D eigenvalue weighted by atomic mass is 10.0. The Morgan fingerprint density at radius 3 is 2.68 bits per heavy atom. The van der Waals surface area contributed by atoms with Crippen LogP contribution in [0.2, 0.25) is 5.02 Å². The van der Waals surface area contributed by atoms with E-state index in [2.05, 4.69) is 12.1 Å². The Morgan fingerprint density at radius 1 is 1.16 bits per heavy atom. The summed E-state index contributed by atoms with van der Waals surface area (Å²) in [5.41, 5.74) is 2.47. The first-order chi connectivity index (χ1) is 12.2. The number of rotatable bonds is 6. The highest BCUT2D eigenvalue weighted by atomic mass is 35.5. The van der Waals surface area contributed by atoms with Crippen molar-refractivity contribution in [2.75, 3.05) is 6.61 Å². The number of nitrogens with zero attached hydrogens (tertiary/aromatic N) is 1. The average Bonchev–Trinajstić information content (AvgIpc) is 2.98. The molecule has 25 heavy (non-hydrogen) atoms. The molecule has 1 aliphatic heterocycles. The van der Waals surface area contributed by atoms with Crippen LogP contribution in [0, 0.1) is 0 Å². The molecule has 3 rings (SSSR count). The van der Waals surface area contributed by atoms with Gasteiger partial charge in [0.05, 0.1) is 12.2 Å². The number of hydrogen-bond acceptors (Lipinski definition) is 4. The van der Waals surface area contributed by atoms with Crippen LogP contribution in [0.4, 0.5) is 0 Å². The van der Waals surface area contributed by atoms with Gasteiger partial charge in [-0.05, 0) is 30.7 Å². The van der Waals surface area contributed by atoms with Crippen LogP contribution in [-0.4, -0.2) is 18.3 Å². The van der Waals surface area contributed by atoms with Crippen LogP contribution in [0.3, 0.4) is 0 Å². The highest BCUT2D eigenvalue weighted by Crippen LogP contribution is 2.26. The molecule has 0 atom stereocenters. The van der Waals surface area contributed by atoms with Crippen molar-refractivity contribution in [2.45, 2.75) is 19.8 Å². The molecule has 4 nitrogen and oxygen atoms in total. The van der Waals surface area contributed by atoms with Crippen LogP contribution >= 0.6 is 11.6 Å². The smallest absolute Gasteiger partial charge is 0.368 e. The molecule has 0 bridgehead atoms. The molecular formula is C20H18ClNO3. The monoisotopic (exact) mass is 355 g/mol. The van der Waals surface area contributed by atoms with Crippen molar-refractivity contribution in [2.24, 2.45) is 5.16 Å². The summed E-state index contributed by atoms with van der Waals surface area (Å²) < 4.78 is 5.83. The molecule has 0 unspecified atom stereocenters. The highest BCUT2D eigenvalue weighted by Gasteiger charge is 2.27. The standard InChI is InChI=1S/C20H18ClNO3/c1-2-3-12-24-18-7-5-4-6-15(18)13-17-19(22-25-20(17)23)14-8-10-16(21)11-9-14/h4-11,13H,2-3,12H2,1H3/b17-13-. The maximum absolute atomic E-state index is 12.1. The SMILES string of the molecule is CCCCOc1ccccc1/C=C1\C(=O)ON=C1c1ccc(Cl)cc1. The van der Waals surface area contributed by atoms with Crippen LogP contribution < -0.4 is 4.74 Å². The summed E-state index contributed by atoms with van der Waals surface area (Å²) in [6.07, 6.45) is 3.79. The van der Waals surface area contributed by atoms with E-state index in [1.54, 1.807) is 30.3 Å². The normalized spacial score (nSPS) is 15.2. The number of carbonyl (C=O) groups is 1. The van der Waals surface area contributed by atoms with Crippen molar-refractivity contribution < 1.29 is 14.4 Å². The molecule has 2 aromatic carbocycles. The van der Waals surface area contributed by atoms with E-state index >= 15 is 0 Å². The van der Waals surface area contributed by atoms with Gasteiger partial charge >= 0.3 is 5.97 Å². The molecule has 2 aromatic rings. The van der Waals surface area contributed by atoms with E-state index in [0.717, 1.165) is 29.7 Å². The molecule has 0 radical (unpaired) electrons. The van der Waals surface area contributed by atoms with E-state index in [1.165, 1.54) is 0 Å². The Hall–Kier alpha value is -2.59. The first kappa shape index (κ1) is 17.2. The fourth-order valence-corrected chi connectivity index (χ4v) is 2.56. The number of ether oxygens (including phenoxy) is 1. The van der Waals surface area contributed by atoms with Crippen molar-refractivity contribution >= 4 is 29.4 Å². The Balaban J connectivity index is 1.92. The lowest BCUT2D eigenvalue weighted by molar-refractivity contribution is -0.136. The molecule has 0 fully saturated rings. The van der Waals surface area contributed by atoms with Crippen LogP contribution in [-0.2, 0) is 9.63 Å². The second-order valence-electron chi connectivity index (χ2n) is 5.62. The molecule has 1 heterocycles. The summed E-state index contributed by atoms with van der Waals surface area (Å²) in [6.45, 7) is 2.75. The largest absolute Gasteiger partial charge is 0.493 e. The van der Waals surface area contributed by atoms with Gasteiger partial charge in [0.25, 0.3) is 0 Å². The van der Waals surface area contributed by atoms with E-state index in [-0.39, 0.29) is 0 Å². The van der Waals surface area contributed by atoms with Crippen molar-refractivity contribution in [3.63, 3.8) is 0 Å². The van der Waals surface area contributed by atoms with Crippen LogP contribution in [0.25, 0.3) is 6.08 Å². The van der Waals surface area contributed by atoms with E-state index in [0.29, 0.717) is 22.9 Å². The summed E-state index contributed by atoms with van der Waals surface area (Å²) in [4.78, 5) is 17.0. The van der Waals surface area contributed by atoms with E-state index in [4.69, 9.17) is 21.2 Å². The zero-order valence-corrected chi connectivity index (χ0v) is 14.6. The van der Waals surface area contributed by atoms with Crippen molar-refractivity contribution in [1.29, 1.82) is 0 Å². The second-order valence-corrected chi connectivity index (χ2v) is 6.06. The Kier molecular flexibility index (Phi) is 5.51. The number of oxime groups is 1. The topological polar surface area (TPSA) is 47.9 Å². The van der Waals surface area contributed by atoms with Gasteiger partial charge in [-0.15, -0.1) is 0 Å². The fraction of sp³-hybridized carbons (Fsp3) is 0.200. The zero-order chi connectivity index (χ0) is 17.6. The third-order valence-corrected chi connectivity index (χ3v) is 4.04. The molecule has 5 heteroatoms. The predicted octanol–water partition coefficient (Wildman–Crippen LogP) is 4.86.